The highest BCUT2D eigenvalue weighted by atomic mass is 16.5. The lowest BCUT2D eigenvalue weighted by atomic mass is 9.96. The molecule has 3 aromatic carbocycles. The molecule has 0 fully saturated rings. The highest BCUT2D eigenvalue weighted by molar-refractivity contribution is 5.97. The summed E-state index contributed by atoms with van der Waals surface area (Å²) in [6.07, 6.45) is 0.661. The van der Waals surface area contributed by atoms with E-state index in [0.29, 0.717) is 44.9 Å². The van der Waals surface area contributed by atoms with Gasteiger partial charge in [0.15, 0.2) is 0 Å². The van der Waals surface area contributed by atoms with Gasteiger partial charge in [-0.2, -0.15) is 0 Å². The first-order chi connectivity index (χ1) is 20.3. The number of hydrogen-bond donors (Lipinski definition) is 0. The fraction of sp³-hybridized carbons (Fsp3) is 0.303. The van der Waals surface area contributed by atoms with Crippen molar-refractivity contribution in [3.05, 3.63) is 105 Å². The maximum atomic E-state index is 13.8. The van der Waals surface area contributed by atoms with Crippen molar-refractivity contribution in [2.45, 2.75) is 26.8 Å². The van der Waals surface area contributed by atoms with Gasteiger partial charge in [0.25, 0.3) is 5.91 Å². The van der Waals surface area contributed by atoms with Crippen molar-refractivity contribution in [3.63, 3.8) is 0 Å². The van der Waals surface area contributed by atoms with Crippen LogP contribution in [0.5, 0.6) is 5.75 Å². The Morgan fingerprint density at radius 3 is 2.50 bits per heavy atom. The van der Waals surface area contributed by atoms with E-state index in [9.17, 15) is 9.59 Å². The molecule has 0 saturated carbocycles. The Hall–Kier alpha value is -4.63. The maximum Gasteiger partial charge on any atom is 0.328 e. The van der Waals surface area contributed by atoms with Crippen molar-refractivity contribution in [2.75, 3.05) is 26.4 Å². The molecule has 0 atom stereocenters. The van der Waals surface area contributed by atoms with Crippen LogP contribution >= 0.6 is 0 Å². The number of nitrogens with zero attached hydrogens (tertiary/aromatic N) is 4. The van der Waals surface area contributed by atoms with E-state index in [2.05, 4.69) is 23.4 Å². The van der Waals surface area contributed by atoms with Gasteiger partial charge in [0.1, 0.15) is 18.1 Å². The second kappa shape index (κ2) is 11.3. The highest BCUT2D eigenvalue weighted by Crippen LogP contribution is 2.32. The van der Waals surface area contributed by atoms with Crippen LogP contribution in [0, 0.1) is 13.8 Å². The third kappa shape index (κ3) is 5.23. The van der Waals surface area contributed by atoms with E-state index in [1.54, 1.807) is 40.3 Å². The molecule has 2 bridgehead atoms. The Morgan fingerprint density at radius 1 is 0.881 bits per heavy atom. The Labute approximate surface area is 243 Å². The van der Waals surface area contributed by atoms with Crippen LogP contribution in [0.25, 0.3) is 22.2 Å². The number of ether oxygens (including phenoxy) is 2. The largest absolute Gasteiger partial charge is 0.491 e. The van der Waals surface area contributed by atoms with Crippen LogP contribution in [0.3, 0.4) is 0 Å². The molecule has 0 spiro atoms. The number of benzene rings is 3. The fourth-order valence-corrected chi connectivity index (χ4v) is 5.75. The molecule has 216 valence electrons. The Bertz CT molecular complexity index is 1830. The topological polar surface area (TPSA) is 91.7 Å². The molecule has 42 heavy (non-hydrogen) atoms. The molecule has 0 aliphatic carbocycles. The third-order valence-electron chi connectivity index (χ3n) is 7.94. The molecule has 0 N–H and O–H groups in total. The summed E-state index contributed by atoms with van der Waals surface area (Å²) >= 11 is 0. The van der Waals surface area contributed by atoms with Gasteiger partial charge in [-0.3, -0.25) is 13.9 Å². The Kier molecular flexibility index (Phi) is 7.43. The monoisotopic (exact) mass is 566 g/mol. The van der Waals surface area contributed by atoms with Gasteiger partial charge in [-0.1, -0.05) is 35.5 Å². The number of fused-ring (bicyclic) bond motifs is 4. The highest BCUT2D eigenvalue weighted by Gasteiger charge is 2.20. The number of hydrogen-bond acceptors (Lipinski definition) is 6. The van der Waals surface area contributed by atoms with Gasteiger partial charge in [0.05, 0.1) is 29.9 Å². The molecule has 6 rings (SSSR count). The van der Waals surface area contributed by atoms with Gasteiger partial charge < -0.3 is 18.9 Å². The van der Waals surface area contributed by atoms with E-state index in [1.807, 2.05) is 44.2 Å². The number of imidazole rings is 1. The number of aryl methyl sites for hydroxylation is 4. The molecular formula is C33H34N4O5. The smallest absolute Gasteiger partial charge is 0.328 e. The molecule has 5 aromatic rings. The van der Waals surface area contributed by atoms with Crippen LogP contribution in [0.4, 0.5) is 0 Å². The predicted molar refractivity (Wildman–Crippen MR) is 160 cm³/mol. The molecular weight excluding hydrogens is 532 g/mol. The van der Waals surface area contributed by atoms with Crippen molar-refractivity contribution in [3.8, 4) is 16.9 Å². The zero-order valence-electron chi connectivity index (χ0n) is 24.3. The third-order valence-corrected chi connectivity index (χ3v) is 7.94. The van der Waals surface area contributed by atoms with Crippen molar-refractivity contribution in [2.24, 2.45) is 14.1 Å². The van der Waals surface area contributed by atoms with Gasteiger partial charge in [0, 0.05) is 44.7 Å². The van der Waals surface area contributed by atoms with E-state index < -0.39 is 0 Å². The summed E-state index contributed by atoms with van der Waals surface area (Å²) in [5.74, 6) is 1.49. The van der Waals surface area contributed by atoms with Crippen LogP contribution in [0.15, 0.2) is 70.0 Å². The summed E-state index contributed by atoms with van der Waals surface area (Å²) in [5, 5.41) is 4.12. The molecule has 0 saturated heterocycles. The predicted octanol–water partition coefficient (Wildman–Crippen LogP) is 4.79. The average Bonchev–Trinajstić information content (AvgIpc) is 3.44. The molecule has 3 heterocycles. The van der Waals surface area contributed by atoms with Gasteiger partial charge >= 0.3 is 5.69 Å². The lowest BCUT2D eigenvalue weighted by Crippen LogP contribution is -2.34. The molecule has 1 amide bonds. The summed E-state index contributed by atoms with van der Waals surface area (Å²) in [6.45, 7) is 5.89. The molecule has 2 aromatic heterocycles. The molecule has 0 radical (unpaired) electrons. The first kappa shape index (κ1) is 27.5. The van der Waals surface area contributed by atoms with Crippen molar-refractivity contribution >= 4 is 16.9 Å². The maximum absolute atomic E-state index is 13.8. The summed E-state index contributed by atoms with van der Waals surface area (Å²) in [5.41, 5.74) is 7.99. The van der Waals surface area contributed by atoms with E-state index >= 15 is 0 Å². The van der Waals surface area contributed by atoms with Crippen molar-refractivity contribution in [1.82, 2.24) is 19.2 Å². The first-order valence-electron chi connectivity index (χ1n) is 14.1. The van der Waals surface area contributed by atoms with Crippen molar-refractivity contribution < 1.29 is 18.8 Å². The Morgan fingerprint density at radius 2 is 1.69 bits per heavy atom. The van der Waals surface area contributed by atoms with Crippen LogP contribution in [-0.2, 0) is 31.8 Å². The number of amides is 1. The van der Waals surface area contributed by atoms with Crippen LogP contribution in [0.2, 0.25) is 0 Å². The number of carbonyl (C=O) groups is 1. The Balaban J connectivity index is 1.32. The quantitative estimate of drug-likeness (QED) is 0.305. The second-order valence-corrected chi connectivity index (χ2v) is 10.8. The van der Waals surface area contributed by atoms with Crippen LogP contribution in [0.1, 0.15) is 38.5 Å². The van der Waals surface area contributed by atoms with E-state index in [-0.39, 0.29) is 11.6 Å². The second-order valence-electron chi connectivity index (χ2n) is 10.8. The van der Waals surface area contributed by atoms with Gasteiger partial charge in [-0.05, 0) is 66.4 Å². The SMILES string of the molecule is Cc1noc(C)c1-c1ccc2c(c1)Cc1cccc(c1)CN(C(=O)c1ccc3c(c1)n(C)c(=O)n3C)CCOCCO2. The summed E-state index contributed by atoms with van der Waals surface area (Å²) in [4.78, 5) is 28.0. The zero-order chi connectivity index (χ0) is 29.4. The first-order valence-corrected chi connectivity index (χ1v) is 14.1. The lowest BCUT2D eigenvalue weighted by molar-refractivity contribution is 0.0571. The number of carbonyl (C=O) groups excluding carboxylic acids is 1. The summed E-state index contributed by atoms with van der Waals surface area (Å²) < 4.78 is 20.6. The normalized spacial score (nSPS) is 14.3. The molecule has 9 heteroatoms. The minimum atomic E-state index is -0.124. The summed E-state index contributed by atoms with van der Waals surface area (Å²) in [7, 11) is 3.45. The van der Waals surface area contributed by atoms with Crippen LogP contribution in [-0.4, -0.2) is 51.5 Å². The van der Waals surface area contributed by atoms with E-state index in [1.165, 1.54) is 0 Å². The number of rotatable bonds is 2. The van der Waals surface area contributed by atoms with Gasteiger partial charge in [-0.15, -0.1) is 0 Å². The minimum absolute atomic E-state index is 0.111. The van der Waals surface area contributed by atoms with Gasteiger partial charge in [0.2, 0.25) is 0 Å². The molecule has 1 aliphatic heterocycles. The average molecular weight is 567 g/mol. The molecule has 0 unspecified atom stereocenters. The fourth-order valence-electron chi connectivity index (χ4n) is 5.75. The standard InChI is InChI=1S/C33H34N4O5/c1-21-31(22(2)42-34-21)25-9-11-30-27(18-25)17-23-6-5-7-24(16-23)20-37(12-13-40-14-15-41-30)32(38)26-8-10-28-29(19-26)36(4)33(39)35(28)3/h5-11,16,18-19H,12-15,17,20H2,1-4H3. The van der Waals surface area contributed by atoms with E-state index in [0.717, 1.165) is 56.1 Å². The minimum Gasteiger partial charge on any atom is -0.491 e. The molecule has 9 nitrogen and oxygen atoms in total. The number of aromatic nitrogens is 3. The van der Waals surface area contributed by atoms with E-state index in [4.69, 9.17) is 14.0 Å². The zero-order valence-corrected chi connectivity index (χ0v) is 24.3. The van der Waals surface area contributed by atoms with Crippen molar-refractivity contribution in [1.29, 1.82) is 0 Å². The van der Waals surface area contributed by atoms with Crippen LogP contribution < -0.4 is 10.4 Å². The molecule has 1 aliphatic rings. The van der Waals surface area contributed by atoms with Gasteiger partial charge in [-0.25, -0.2) is 4.79 Å². The summed E-state index contributed by atoms with van der Waals surface area (Å²) in [6, 6.07) is 19.9. The lowest BCUT2D eigenvalue weighted by Gasteiger charge is -2.24.